The third-order valence-electron chi connectivity index (χ3n) is 1.79. The Kier molecular flexibility index (Phi) is 5.96. The maximum Gasteiger partial charge on any atom is 0.0845 e. The molecule has 0 saturated heterocycles. The first-order valence-electron chi connectivity index (χ1n) is 4.00. The molecule has 2 nitrogen and oxygen atoms in total. The lowest BCUT2D eigenvalue weighted by molar-refractivity contribution is 0.621. The van der Waals surface area contributed by atoms with Crippen molar-refractivity contribution < 1.29 is 0 Å². The van der Waals surface area contributed by atoms with Crippen molar-refractivity contribution in [1.29, 1.82) is 5.26 Å². The fourth-order valence-corrected chi connectivity index (χ4v) is 1.06. The molecule has 0 fully saturated rings. The predicted molar refractivity (Wildman–Crippen MR) is 55.7 cm³/mol. The van der Waals surface area contributed by atoms with E-state index in [0.717, 1.165) is 0 Å². The fourth-order valence-electron chi connectivity index (χ4n) is 1.06. The molecule has 0 bridgehead atoms. The van der Waals surface area contributed by atoms with E-state index in [1.165, 1.54) is 5.56 Å². The van der Waals surface area contributed by atoms with Gasteiger partial charge in [-0.2, -0.15) is 5.26 Å². The zero-order chi connectivity index (χ0) is 8.81. The second-order valence-electron chi connectivity index (χ2n) is 2.67. The van der Waals surface area contributed by atoms with Crippen molar-refractivity contribution in [3.63, 3.8) is 0 Å². The summed E-state index contributed by atoms with van der Waals surface area (Å²) in [6.45, 7) is 2.45. The molecular weight excluding hydrogens is 184 g/mol. The second-order valence-corrected chi connectivity index (χ2v) is 2.67. The van der Waals surface area contributed by atoms with Gasteiger partial charge in [-0.05, 0) is 12.5 Å². The highest BCUT2D eigenvalue weighted by Gasteiger charge is 2.01. The van der Waals surface area contributed by atoms with Crippen LogP contribution in [0.3, 0.4) is 0 Å². The van der Waals surface area contributed by atoms with Crippen LogP contribution >= 0.6 is 12.4 Å². The molecule has 1 aromatic carbocycles. The molecule has 13 heavy (non-hydrogen) atoms. The number of benzene rings is 1. The number of nitriles is 1. The summed E-state index contributed by atoms with van der Waals surface area (Å²) >= 11 is 0. The lowest BCUT2D eigenvalue weighted by atomic mass is 10.1. The molecule has 0 amide bonds. The van der Waals surface area contributed by atoms with Crippen LogP contribution in [0.5, 0.6) is 0 Å². The summed E-state index contributed by atoms with van der Waals surface area (Å²) < 4.78 is 0. The standard InChI is InChI=1S/C10H12N2.ClH/c1-9(12-8-7-11)10-5-3-2-4-6-10;/h2-6,9,12H,8H2,1H3;1H/t9-;/m1./s1. The number of hydrogen-bond acceptors (Lipinski definition) is 2. The summed E-state index contributed by atoms with van der Waals surface area (Å²) in [7, 11) is 0. The summed E-state index contributed by atoms with van der Waals surface area (Å²) in [6.07, 6.45) is 0. The van der Waals surface area contributed by atoms with Crippen LogP contribution in [0.4, 0.5) is 0 Å². The number of nitrogens with one attached hydrogen (secondary N) is 1. The van der Waals surface area contributed by atoms with Crippen LogP contribution in [0.2, 0.25) is 0 Å². The first-order chi connectivity index (χ1) is 5.84. The third kappa shape index (κ3) is 3.93. The van der Waals surface area contributed by atoms with Gasteiger partial charge in [0.15, 0.2) is 0 Å². The van der Waals surface area contributed by atoms with Crippen molar-refractivity contribution in [1.82, 2.24) is 5.32 Å². The summed E-state index contributed by atoms with van der Waals surface area (Å²) in [4.78, 5) is 0. The molecule has 0 aliphatic carbocycles. The summed E-state index contributed by atoms with van der Waals surface area (Å²) in [5, 5.41) is 11.4. The van der Waals surface area contributed by atoms with Gasteiger partial charge in [0.25, 0.3) is 0 Å². The Hall–Kier alpha value is -1.04. The lowest BCUT2D eigenvalue weighted by Gasteiger charge is -2.10. The molecule has 70 valence electrons. The molecule has 1 rings (SSSR count). The van der Waals surface area contributed by atoms with Crippen molar-refractivity contribution in [3.8, 4) is 6.07 Å². The molecule has 0 aromatic heterocycles. The minimum absolute atomic E-state index is 0. The van der Waals surface area contributed by atoms with E-state index in [9.17, 15) is 0 Å². The van der Waals surface area contributed by atoms with Crippen LogP contribution in [0, 0.1) is 11.3 Å². The van der Waals surface area contributed by atoms with E-state index in [1.54, 1.807) is 0 Å². The Balaban J connectivity index is 0.00000144. The van der Waals surface area contributed by atoms with E-state index in [4.69, 9.17) is 5.26 Å². The predicted octanol–water partition coefficient (Wildman–Crippen LogP) is 2.28. The molecule has 0 aliphatic heterocycles. The van der Waals surface area contributed by atoms with Crippen molar-refractivity contribution in [2.45, 2.75) is 13.0 Å². The van der Waals surface area contributed by atoms with Crippen molar-refractivity contribution in [3.05, 3.63) is 35.9 Å². The first-order valence-corrected chi connectivity index (χ1v) is 4.00. The van der Waals surface area contributed by atoms with E-state index < -0.39 is 0 Å². The maximum absolute atomic E-state index is 8.35. The molecule has 0 saturated carbocycles. The molecule has 1 atom stereocenters. The van der Waals surface area contributed by atoms with E-state index in [2.05, 4.69) is 23.5 Å². The van der Waals surface area contributed by atoms with Crippen LogP contribution in [0.15, 0.2) is 30.3 Å². The minimum atomic E-state index is 0. The summed E-state index contributed by atoms with van der Waals surface area (Å²) in [5.74, 6) is 0. The normalized spacial score (nSPS) is 11.1. The van der Waals surface area contributed by atoms with Crippen molar-refractivity contribution in [2.75, 3.05) is 6.54 Å². The van der Waals surface area contributed by atoms with Crippen LogP contribution in [-0.2, 0) is 0 Å². The average Bonchev–Trinajstić information content (AvgIpc) is 2.15. The molecule has 0 unspecified atom stereocenters. The molecular formula is C10H13ClN2. The highest BCUT2D eigenvalue weighted by molar-refractivity contribution is 5.85. The Labute approximate surface area is 85.0 Å². The number of halogens is 1. The van der Waals surface area contributed by atoms with Crippen LogP contribution in [0.25, 0.3) is 0 Å². The SMILES string of the molecule is C[C@@H](NCC#N)c1ccccc1.Cl. The zero-order valence-corrected chi connectivity index (χ0v) is 8.34. The van der Waals surface area contributed by atoms with Crippen LogP contribution < -0.4 is 5.32 Å². The van der Waals surface area contributed by atoms with Crippen molar-refractivity contribution in [2.24, 2.45) is 0 Å². The Morgan fingerprint density at radius 1 is 1.38 bits per heavy atom. The Bertz CT molecular complexity index is 266. The highest BCUT2D eigenvalue weighted by Crippen LogP contribution is 2.09. The number of hydrogen-bond donors (Lipinski definition) is 1. The topological polar surface area (TPSA) is 35.8 Å². The van der Waals surface area contributed by atoms with E-state index in [-0.39, 0.29) is 18.4 Å². The molecule has 1 aromatic rings. The molecule has 0 heterocycles. The van der Waals surface area contributed by atoms with Gasteiger partial charge in [-0.1, -0.05) is 30.3 Å². The van der Waals surface area contributed by atoms with E-state index >= 15 is 0 Å². The van der Waals surface area contributed by atoms with Crippen LogP contribution in [0.1, 0.15) is 18.5 Å². The van der Waals surface area contributed by atoms with Gasteiger partial charge in [-0.15, -0.1) is 12.4 Å². The Morgan fingerprint density at radius 2 is 2.00 bits per heavy atom. The van der Waals surface area contributed by atoms with Gasteiger partial charge in [0.2, 0.25) is 0 Å². The quantitative estimate of drug-likeness (QED) is 0.753. The number of nitrogens with zero attached hydrogens (tertiary/aromatic N) is 1. The zero-order valence-electron chi connectivity index (χ0n) is 7.53. The summed E-state index contributed by atoms with van der Waals surface area (Å²) in [6, 6.07) is 12.4. The smallest absolute Gasteiger partial charge is 0.0845 e. The average molecular weight is 197 g/mol. The molecule has 0 aliphatic rings. The molecule has 0 radical (unpaired) electrons. The second kappa shape index (κ2) is 6.47. The van der Waals surface area contributed by atoms with Gasteiger partial charge in [-0.3, -0.25) is 5.32 Å². The largest absolute Gasteiger partial charge is 0.298 e. The molecule has 1 N–H and O–H groups in total. The molecule has 3 heteroatoms. The summed E-state index contributed by atoms with van der Waals surface area (Å²) in [5.41, 5.74) is 1.22. The van der Waals surface area contributed by atoms with Gasteiger partial charge < -0.3 is 0 Å². The maximum atomic E-state index is 8.35. The van der Waals surface area contributed by atoms with Gasteiger partial charge in [0.1, 0.15) is 0 Å². The van der Waals surface area contributed by atoms with Gasteiger partial charge in [0, 0.05) is 6.04 Å². The lowest BCUT2D eigenvalue weighted by Crippen LogP contribution is -2.18. The fraction of sp³-hybridized carbons (Fsp3) is 0.300. The molecule has 0 spiro atoms. The highest BCUT2D eigenvalue weighted by atomic mass is 35.5. The van der Waals surface area contributed by atoms with E-state index in [0.29, 0.717) is 6.54 Å². The van der Waals surface area contributed by atoms with Gasteiger partial charge >= 0.3 is 0 Å². The van der Waals surface area contributed by atoms with Gasteiger partial charge in [-0.25, -0.2) is 0 Å². The first kappa shape index (κ1) is 12.0. The third-order valence-corrected chi connectivity index (χ3v) is 1.79. The minimum Gasteiger partial charge on any atom is -0.298 e. The van der Waals surface area contributed by atoms with Crippen molar-refractivity contribution >= 4 is 12.4 Å². The van der Waals surface area contributed by atoms with Crippen LogP contribution in [-0.4, -0.2) is 6.54 Å². The Morgan fingerprint density at radius 3 is 2.54 bits per heavy atom. The van der Waals surface area contributed by atoms with Gasteiger partial charge in [0.05, 0.1) is 12.6 Å². The monoisotopic (exact) mass is 196 g/mol. The number of rotatable bonds is 3. The van der Waals surface area contributed by atoms with E-state index in [1.807, 2.05) is 25.1 Å².